The summed E-state index contributed by atoms with van der Waals surface area (Å²) in [7, 11) is 0. The van der Waals surface area contributed by atoms with Gasteiger partial charge in [-0.1, -0.05) is 34.1 Å². The van der Waals surface area contributed by atoms with Crippen LogP contribution in [0.5, 0.6) is 0 Å². The van der Waals surface area contributed by atoms with Crippen molar-refractivity contribution < 1.29 is 0 Å². The van der Waals surface area contributed by atoms with E-state index in [-0.39, 0.29) is 5.54 Å². The molecule has 0 spiro atoms. The van der Waals surface area contributed by atoms with Gasteiger partial charge in [-0.3, -0.25) is 4.90 Å². The van der Waals surface area contributed by atoms with Crippen molar-refractivity contribution >= 4 is 15.9 Å². The molecule has 1 N–H and O–H groups in total. The second kappa shape index (κ2) is 7.08. The Bertz CT molecular complexity index is 486. The van der Waals surface area contributed by atoms with Crippen molar-refractivity contribution in [2.45, 2.75) is 58.3 Å². The van der Waals surface area contributed by atoms with Crippen LogP contribution in [-0.2, 0) is 13.1 Å². The third kappa shape index (κ3) is 5.57. The zero-order valence-corrected chi connectivity index (χ0v) is 15.0. The van der Waals surface area contributed by atoms with Gasteiger partial charge in [0.25, 0.3) is 0 Å². The average molecular weight is 351 g/mol. The smallest absolute Gasteiger partial charge is 0.0251 e. The van der Waals surface area contributed by atoms with E-state index < -0.39 is 0 Å². The molecule has 0 amide bonds. The van der Waals surface area contributed by atoms with Gasteiger partial charge in [0.1, 0.15) is 0 Å². The number of hydrogen-bond acceptors (Lipinski definition) is 2. The van der Waals surface area contributed by atoms with Crippen LogP contribution in [-0.4, -0.2) is 23.0 Å². The molecule has 1 saturated carbocycles. The highest BCUT2D eigenvalue weighted by Gasteiger charge is 2.28. The minimum Gasteiger partial charge on any atom is -0.308 e. The lowest BCUT2D eigenvalue weighted by atomic mass is 10.1. The first-order chi connectivity index (χ1) is 9.89. The maximum Gasteiger partial charge on any atom is 0.0251 e. The molecule has 1 aliphatic rings. The second-order valence-corrected chi connectivity index (χ2v) is 7.83. The summed E-state index contributed by atoms with van der Waals surface area (Å²) in [6, 6.07) is 7.49. The molecule has 0 atom stereocenters. The van der Waals surface area contributed by atoms with E-state index in [9.17, 15) is 0 Å². The Hall–Kier alpha value is -0.640. The Morgan fingerprint density at radius 3 is 2.62 bits per heavy atom. The molecule has 0 aromatic heterocycles. The van der Waals surface area contributed by atoms with Crippen LogP contribution in [0.3, 0.4) is 0 Å². The van der Waals surface area contributed by atoms with Gasteiger partial charge >= 0.3 is 0 Å². The molecule has 2 rings (SSSR count). The van der Waals surface area contributed by atoms with Crippen molar-refractivity contribution in [3.63, 3.8) is 0 Å². The third-order valence-electron chi connectivity index (χ3n) is 3.74. The predicted octanol–water partition coefficient (Wildman–Crippen LogP) is 4.49. The standard InChI is InChI=1S/C18H27BrN2/c1-5-10-21(16-8-9-16)13-15-7-6-14(11-17(15)19)12-20-18(2,3)4/h5-7,11,16,20H,1,8-10,12-13H2,2-4H3. The van der Waals surface area contributed by atoms with Crippen LogP contribution in [0.1, 0.15) is 44.7 Å². The summed E-state index contributed by atoms with van der Waals surface area (Å²) < 4.78 is 1.21. The van der Waals surface area contributed by atoms with E-state index in [2.05, 4.69) is 71.7 Å². The van der Waals surface area contributed by atoms with Gasteiger partial charge in [-0.05, 0) is 50.8 Å². The molecular formula is C18H27BrN2. The highest BCUT2D eigenvalue weighted by atomic mass is 79.9. The van der Waals surface area contributed by atoms with E-state index in [1.54, 1.807) is 0 Å². The molecule has 0 bridgehead atoms. The van der Waals surface area contributed by atoms with E-state index in [1.165, 1.54) is 28.4 Å². The number of nitrogens with one attached hydrogen (secondary N) is 1. The second-order valence-electron chi connectivity index (χ2n) is 6.98. The number of hydrogen-bond donors (Lipinski definition) is 1. The van der Waals surface area contributed by atoms with Gasteiger partial charge < -0.3 is 5.32 Å². The summed E-state index contributed by atoms with van der Waals surface area (Å²) in [6.07, 6.45) is 4.67. The van der Waals surface area contributed by atoms with E-state index in [0.717, 1.165) is 25.7 Å². The quantitative estimate of drug-likeness (QED) is 0.729. The Kier molecular flexibility index (Phi) is 5.64. The van der Waals surface area contributed by atoms with Crippen LogP contribution in [0.4, 0.5) is 0 Å². The Morgan fingerprint density at radius 1 is 1.38 bits per heavy atom. The van der Waals surface area contributed by atoms with Gasteiger partial charge in [-0.25, -0.2) is 0 Å². The van der Waals surface area contributed by atoms with Crippen LogP contribution in [0.2, 0.25) is 0 Å². The maximum absolute atomic E-state index is 3.87. The third-order valence-corrected chi connectivity index (χ3v) is 4.48. The Balaban J connectivity index is 1.99. The molecule has 0 saturated heterocycles. The van der Waals surface area contributed by atoms with Gasteiger partial charge in [-0.2, -0.15) is 0 Å². The maximum atomic E-state index is 3.87. The Labute approximate surface area is 137 Å². The first-order valence-electron chi connectivity index (χ1n) is 7.76. The molecule has 116 valence electrons. The van der Waals surface area contributed by atoms with Crippen LogP contribution >= 0.6 is 15.9 Å². The molecule has 0 unspecified atom stereocenters. The molecule has 0 heterocycles. The van der Waals surface area contributed by atoms with Crippen LogP contribution in [0.15, 0.2) is 35.3 Å². The van der Waals surface area contributed by atoms with Crippen molar-refractivity contribution in [3.8, 4) is 0 Å². The minimum absolute atomic E-state index is 0.151. The van der Waals surface area contributed by atoms with Crippen molar-refractivity contribution in [2.24, 2.45) is 0 Å². The fraction of sp³-hybridized carbons (Fsp3) is 0.556. The minimum atomic E-state index is 0.151. The van der Waals surface area contributed by atoms with E-state index in [1.807, 2.05) is 6.08 Å². The predicted molar refractivity (Wildman–Crippen MR) is 94.4 cm³/mol. The number of rotatable bonds is 7. The van der Waals surface area contributed by atoms with Gasteiger partial charge in [0.05, 0.1) is 0 Å². The van der Waals surface area contributed by atoms with Crippen LogP contribution in [0, 0.1) is 0 Å². The summed E-state index contributed by atoms with van der Waals surface area (Å²) in [5.41, 5.74) is 2.84. The summed E-state index contributed by atoms with van der Waals surface area (Å²) in [6.45, 7) is 13.3. The average Bonchev–Trinajstić information content (AvgIpc) is 3.22. The van der Waals surface area contributed by atoms with Gasteiger partial charge in [0, 0.05) is 35.7 Å². The highest BCUT2D eigenvalue weighted by Crippen LogP contribution is 2.30. The largest absolute Gasteiger partial charge is 0.308 e. The number of nitrogens with zero attached hydrogens (tertiary/aromatic N) is 1. The number of benzene rings is 1. The first-order valence-corrected chi connectivity index (χ1v) is 8.55. The molecule has 1 aromatic carbocycles. The molecule has 3 heteroatoms. The van der Waals surface area contributed by atoms with Crippen molar-refractivity contribution in [1.82, 2.24) is 10.2 Å². The lowest BCUT2D eigenvalue weighted by Gasteiger charge is -2.22. The SMILES string of the molecule is C=CCN(Cc1ccc(CNC(C)(C)C)cc1Br)C1CC1. The van der Waals surface area contributed by atoms with Crippen LogP contribution < -0.4 is 5.32 Å². The molecule has 21 heavy (non-hydrogen) atoms. The molecule has 1 aromatic rings. The molecule has 1 fully saturated rings. The lowest BCUT2D eigenvalue weighted by molar-refractivity contribution is 0.283. The summed E-state index contributed by atoms with van der Waals surface area (Å²) in [5.74, 6) is 0. The number of halogens is 1. The molecule has 0 radical (unpaired) electrons. The lowest BCUT2D eigenvalue weighted by Crippen LogP contribution is -2.35. The normalized spacial score (nSPS) is 15.5. The summed E-state index contributed by atoms with van der Waals surface area (Å²) in [4.78, 5) is 2.51. The van der Waals surface area contributed by atoms with Crippen molar-refractivity contribution in [1.29, 1.82) is 0 Å². The first kappa shape index (κ1) is 16.7. The van der Waals surface area contributed by atoms with E-state index in [4.69, 9.17) is 0 Å². The summed E-state index contributed by atoms with van der Waals surface area (Å²) >= 11 is 3.74. The molecule has 1 aliphatic carbocycles. The van der Waals surface area contributed by atoms with Gasteiger partial charge in [0.2, 0.25) is 0 Å². The fourth-order valence-corrected chi connectivity index (χ4v) is 2.91. The molecular weight excluding hydrogens is 324 g/mol. The molecule has 0 aliphatic heterocycles. The van der Waals surface area contributed by atoms with Gasteiger partial charge in [-0.15, -0.1) is 6.58 Å². The zero-order chi connectivity index (χ0) is 15.5. The fourth-order valence-electron chi connectivity index (χ4n) is 2.36. The van der Waals surface area contributed by atoms with Crippen LogP contribution in [0.25, 0.3) is 0 Å². The van der Waals surface area contributed by atoms with E-state index >= 15 is 0 Å². The topological polar surface area (TPSA) is 15.3 Å². The summed E-state index contributed by atoms with van der Waals surface area (Å²) in [5, 5.41) is 3.53. The monoisotopic (exact) mass is 350 g/mol. The van der Waals surface area contributed by atoms with E-state index in [0.29, 0.717) is 0 Å². The van der Waals surface area contributed by atoms with Crippen molar-refractivity contribution in [2.75, 3.05) is 6.54 Å². The zero-order valence-electron chi connectivity index (χ0n) is 13.5. The van der Waals surface area contributed by atoms with Crippen molar-refractivity contribution in [3.05, 3.63) is 46.5 Å². The highest BCUT2D eigenvalue weighted by molar-refractivity contribution is 9.10. The molecule has 2 nitrogen and oxygen atoms in total. The Morgan fingerprint density at radius 2 is 2.10 bits per heavy atom. The van der Waals surface area contributed by atoms with Gasteiger partial charge in [0.15, 0.2) is 0 Å².